The smallest absolute Gasteiger partial charge is 0.124 e. The second-order valence-electron chi connectivity index (χ2n) is 22.4. The molecule has 0 amide bonds. The Hall–Kier alpha value is -9.88. The molecular formula is C85H106O12. The van der Waals surface area contributed by atoms with Gasteiger partial charge in [-0.2, -0.15) is 0 Å². The highest BCUT2D eigenvalue weighted by Gasteiger charge is 2.11. The number of rotatable bonds is 17. The second-order valence-corrected chi connectivity index (χ2v) is 22.4. The highest BCUT2D eigenvalue weighted by Crippen LogP contribution is 2.35. The first-order valence-electron chi connectivity index (χ1n) is 32.0. The van der Waals surface area contributed by atoms with Crippen LogP contribution in [0.2, 0.25) is 0 Å². The summed E-state index contributed by atoms with van der Waals surface area (Å²) in [6.45, 7) is 22.2. The van der Waals surface area contributed by atoms with Crippen LogP contribution >= 0.6 is 0 Å². The van der Waals surface area contributed by atoms with Gasteiger partial charge < -0.3 is 56.8 Å². The van der Waals surface area contributed by atoms with Crippen LogP contribution in [0.5, 0.6) is 57.5 Å². The van der Waals surface area contributed by atoms with Crippen LogP contribution in [0.1, 0.15) is 62.6 Å². The molecule has 0 aliphatic heterocycles. The quantitative estimate of drug-likeness (QED) is 0.0810. The number of ether oxygens (including phenoxy) is 12. The van der Waals surface area contributed by atoms with Gasteiger partial charge in [0.15, 0.2) is 0 Å². The minimum atomic E-state index is 0.691. The monoisotopic (exact) mass is 1320 g/mol. The first-order valence-corrected chi connectivity index (χ1v) is 32.0. The third kappa shape index (κ3) is 28.9. The summed E-state index contributed by atoms with van der Waals surface area (Å²) in [5.41, 5.74) is 19.4. The molecule has 10 aromatic carbocycles. The molecule has 97 heavy (non-hydrogen) atoms. The average molecular weight is 1320 g/mol. The Morgan fingerprint density at radius 3 is 0.670 bits per heavy atom. The number of hydrogen-bond acceptors (Lipinski definition) is 12. The first kappa shape index (κ1) is 81.4. The lowest BCUT2D eigenvalue weighted by atomic mass is 9.96. The summed E-state index contributed by atoms with van der Waals surface area (Å²) in [6, 6.07) is 69.1. The highest BCUT2D eigenvalue weighted by atomic mass is 16.5. The Morgan fingerprint density at radius 1 is 0.216 bits per heavy atom. The molecule has 12 nitrogen and oxygen atoms in total. The van der Waals surface area contributed by atoms with E-state index in [9.17, 15) is 0 Å². The van der Waals surface area contributed by atoms with E-state index in [1.807, 2.05) is 121 Å². The Balaban J connectivity index is 0.000000297. The standard InChI is InChI=1S/C18H22O2.C16H18O2.C14H14O2.C9H12O.C8H10O2.C8H10O.C8H10.C4H10O2/c1-11-7-15(8-12(2)17(11)19-5)16-9-13(3)18(20-6)14(4)10-16;1-11-9-13(5-7-15(11)17-3)14-6-8-16(18-4)12(2)10-14;1-15-13-7-3-11(4-8-13)12-5-9-14(16-2)10-6-12;1-3-8-4-6-9(10-2)7-5-8;1-9-7-3-5-8(10-2)6-4-7;1-7-3-5-8(9-2)6-4-7;1-7-3-5-8(2)6-4-7;1-5-3-4-6-2/h7-10H,1-6H3;5-10H,1-4H3;3-10H,1-2H3;4-7H,3H2,1-2H3;3-6H,1-2H3;3-6H,1-2H3;3-6H,1-2H3;3-4H2,1-2H3. The fraction of sp³-hybridized carbons (Fsp3) is 0.294. The van der Waals surface area contributed by atoms with Crippen molar-refractivity contribution in [3.05, 3.63) is 262 Å². The van der Waals surface area contributed by atoms with Crippen molar-refractivity contribution in [1.29, 1.82) is 0 Å². The lowest BCUT2D eigenvalue weighted by Crippen LogP contribution is -1.96. The lowest BCUT2D eigenvalue weighted by Gasteiger charge is -2.14. The lowest BCUT2D eigenvalue weighted by molar-refractivity contribution is 0.103. The van der Waals surface area contributed by atoms with Crippen molar-refractivity contribution in [1.82, 2.24) is 0 Å². The number of hydrogen-bond donors (Lipinski definition) is 0. The first-order chi connectivity index (χ1) is 46.7. The number of methoxy groups -OCH3 is 12. The SMILES string of the molecule is CCc1ccc(OC)cc1.COCCOC.COc1c(C)cc(-c2cc(C)c(OC)c(C)c2)cc1C.COc1ccc(-c2ccc(OC)c(C)c2)cc1C.COc1ccc(-c2ccc(OC)cc2)cc1.COc1ccc(C)cc1.COc1ccc(OC)cc1.Cc1ccc(C)cc1. The molecule has 0 spiro atoms. The summed E-state index contributed by atoms with van der Waals surface area (Å²) < 4.78 is 60.9. The number of aryl methyl sites for hydroxylation is 10. The van der Waals surface area contributed by atoms with Crippen molar-refractivity contribution in [2.24, 2.45) is 0 Å². The third-order valence-corrected chi connectivity index (χ3v) is 15.1. The Labute approximate surface area is 580 Å². The minimum absolute atomic E-state index is 0.691. The molecule has 518 valence electrons. The maximum atomic E-state index is 5.43. The summed E-state index contributed by atoms with van der Waals surface area (Å²) in [4.78, 5) is 0. The van der Waals surface area contributed by atoms with E-state index in [2.05, 4.69) is 164 Å². The van der Waals surface area contributed by atoms with Crippen molar-refractivity contribution >= 4 is 0 Å². The van der Waals surface area contributed by atoms with Crippen LogP contribution in [0.25, 0.3) is 33.4 Å². The zero-order valence-electron chi connectivity index (χ0n) is 61.7. The summed E-state index contributed by atoms with van der Waals surface area (Å²) in [5.74, 6) is 9.06. The average Bonchev–Trinajstić information content (AvgIpc) is 0.884. The van der Waals surface area contributed by atoms with Gasteiger partial charge in [-0.25, -0.2) is 0 Å². The summed E-state index contributed by atoms with van der Waals surface area (Å²) in [6.07, 6.45) is 1.09. The van der Waals surface area contributed by atoms with Crippen LogP contribution in [0.4, 0.5) is 0 Å². The van der Waals surface area contributed by atoms with Gasteiger partial charge in [0.2, 0.25) is 0 Å². The topological polar surface area (TPSA) is 111 Å². The zero-order valence-corrected chi connectivity index (χ0v) is 61.7. The third-order valence-electron chi connectivity index (χ3n) is 15.1. The summed E-state index contributed by atoms with van der Waals surface area (Å²) in [7, 11) is 20.1. The van der Waals surface area contributed by atoms with E-state index in [0.29, 0.717) is 13.2 Å². The van der Waals surface area contributed by atoms with E-state index >= 15 is 0 Å². The number of benzene rings is 10. The van der Waals surface area contributed by atoms with Gasteiger partial charge in [0.1, 0.15) is 57.5 Å². The van der Waals surface area contributed by atoms with Crippen LogP contribution < -0.4 is 47.4 Å². The maximum Gasteiger partial charge on any atom is 0.124 e. The van der Waals surface area contributed by atoms with Gasteiger partial charge in [0.25, 0.3) is 0 Å². The molecule has 0 fully saturated rings. The van der Waals surface area contributed by atoms with Gasteiger partial charge in [-0.1, -0.05) is 109 Å². The molecule has 0 heterocycles. The van der Waals surface area contributed by atoms with E-state index in [4.69, 9.17) is 47.4 Å². The van der Waals surface area contributed by atoms with Gasteiger partial charge in [0, 0.05) is 14.2 Å². The second kappa shape index (κ2) is 45.5. The predicted octanol–water partition coefficient (Wildman–Crippen LogP) is 20.5. The van der Waals surface area contributed by atoms with Gasteiger partial charge in [-0.3, -0.25) is 0 Å². The molecule has 0 unspecified atom stereocenters. The molecule has 12 heteroatoms. The Kier molecular flexibility index (Phi) is 38.2. The molecular weight excluding hydrogens is 1210 g/mol. The molecule has 0 atom stereocenters. The fourth-order valence-corrected chi connectivity index (χ4v) is 9.61. The Bertz CT molecular complexity index is 3450. The fourth-order valence-electron chi connectivity index (χ4n) is 9.61. The van der Waals surface area contributed by atoms with Crippen molar-refractivity contribution in [3.63, 3.8) is 0 Å². The van der Waals surface area contributed by atoms with Gasteiger partial charge >= 0.3 is 0 Å². The van der Waals surface area contributed by atoms with Gasteiger partial charge in [-0.15, -0.1) is 0 Å². The summed E-state index contributed by atoms with van der Waals surface area (Å²) in [5, 5.41) is 0. The molecule has 0 saturated heterocycles. The highest BCUT2D eigenvalue weighted by molar-refractivity contribution is 5.71. The van der Waals surface area contributed by atoms with E-state index < -0.39 is 0 Å². The van der Waals surface area contributed by atoms with E-state index in [1.54, 1.807) is 85.3 Å². The molecule has 0 bridgehead atoms. The van der Waals surface area contributed by atoms with Crippen molar-refractivity contribution < 1.29 is 56.8 Å². The maximum absolute atomic E-state index is 5.43. The van der Waals surface area contributed by atoms with E-state index in [-0.39, 0.29) is 0 Å². The van der Waals surface area contributed by atoms with Crippen molar-refractivity contribution in [2.75, 3.05) is 98.5 Å². The normalized spacial score (nSPS) is 9.75. The Morgan fingerprint density at radius 2 is 0.443 bits per heavy atom. The van der Waals surface area contributed by atoms with Crippen LogP contribution in [0.3, 0.4) is 0 Å². The molecule has 0 N–H and O–H groups in total. The van der Waals surface area contributed by atoms with Gasteiger partial charge in [-0.05, 0) is 262 Å². The molecule has 10 aromatic rings. The summed E-state index contributed by atoms with van der Waals surface area (Å²) >= 11 is 0. The predicted molar refractivity (Wildman–Crippen MR) is 403 cm³/mol. The molecule has 0 aliphatic rings. The van der Waals surface area contributed by atoms with Crippen LogP contribution in [0, 0.1) is 62.3 Å². The van der Waals surface area contributed by atoms with Crippen molar-refractivity contribution in [2.45, 2.75) is 75.7 Å². The van der Waals surface area contributed by atoms with Gasteiger partial charge in [0.05, 0.1) is 84.3 Å². The van der Waals surface area contributed by atoms with Crippen LogP contribution in [-0.2, 0) is 15.9 Å². The molecule has 0 saturated carbocycles. The molecule has 0 aliphatic carbocycles. The largest absolute Gasteiger partial charge is 0.497 e. The van der Waals surface area contributed by atoms with Crippen LogP contribution in [-0.4, -0.2) is 98.5 Å². The minimum Gasteiger partial charge on any atom is -0.497 e. The molecule has 0 aromatic heterocycles. The van der Waals surface area contributed by atoms with E-state index in [0.717, 1.165) is 97.3 Å². The molecule has 0 radical (unpaired) electrons. The molecule has 10 rings (SSSR count). The van der Waals surface area contributed by atoms with E-state index in [1.165, 1.54) is 55.6 Å². The zero-order chi connectivity index (χ0) is 71.7. The van der Waals surface area contributed by atoms with Crippen molar-refractivity contribution in [3.8, 4) is 90.9 Å². The van der Waals surface area contributed by atoms with Crippen LogP contribution in [0.15, 0.2) is 206 Å².